The van der Waals surface area contributed by atoms with Gasteiger partial charge in [-0.15, -0.1) is 11.6 Å². The maximum atomic E-state index is 5.92. The molecular weight excluding hydrogens is 248 g/mol. The fourth-order valence-electron chi connectivity index (χ4n) is 1.66. The summed E-state index contributed by atoms with van der Waals surface area (Å²) in [5.41, 5.74) is 2.97. The van der Waals surface area contributed by atoms with Crippen molar-refractivity contribution in [1.82, 2.24) is 4.98 Å². The minimum Gasteiger partial charge on any atom is -0.494 e. The molecule has 0 unspecified atom stereocenters. The minimum absolute atomic E-state index is 0.432. The van der Waals surface area contributed by atoms with Crippen LogP contribution < -0.4 is 10.1 Å². The molecule has 1 aromatic carbocycles. The van der Waals surface area contributed by atoms with Gasteiger partial charge in [0.05, 0.1) is 12.5 Å². The summed E-state index contributed by atoms with van der Waals surface area (Å²) in [7, 11) is 0. The zero-order valence-electron chi connectivity index (χ0n) is 10.2. The van der Waals surface area contributed by atoms with E-state index in [9.17, 15) is 0 Å². The summed E-state index contributed by atoms with van der Waals surface area (Å²) < 4.78 is 5.51. The SMILES string of the molecule is CCOc1ccc(Nc2ccncc2)cc1CCl. The average Bonchev–Trinajstić information content (AvgIpc) is 2.42. The molecule has 0 saturated heterocycles. The second kappa shape index (κ2) is 6.26. The summed E-state index contributed by atoms with van der Waals surface area (Å²) >= 11 is 5.92. The molecule has 0 atom stereocenters. The number of ether oxygens (including phenoxy) is 1. The second-order valence-corrected chi connectivity index (χ2v) is 4.02. The number of alkyl halides is 1. The number of nitrogens with one attached hydrogen (secondary N) is 1. The molecule has 0 aliphatic carbocycles. The van der Waals surface area contributed by atoms with Crippen molar-refractivity contribution in [2.24, 2.45) is 0 Å². The summed E-state index contributed by atoms with van der Waals surface area (Å²) in [4.78, 5) is 3.98. The molecule has 94 valence electrons. The van der Waals surface area contributed by atoms with Gasteiger partial charge in [-0.3, -0.25) is 4.98 Å². The molecule has 1 N–H and O–H groups in total. The van der Waals surface area contributed by atoms with E-state index >= 15 is 0 Å². The average molecular weight is 263 g/mol. The van der Waals surface area contributed by atoms with E-state index in [2.05, 4.69) is 10.3 Å². The van der Waals surface area contributed by atoms with Gasteiger partial charge in [-0.05, 0) is 37.3 Å². The van der Waals surface area contributed by atoms with Crippen molar-refractivity contribution in [3.05, 3.63) is 48.3 Å². The molecule has 0 radical (unpaired) electrons. The number of hydrogen-bond acceptors (Lipinski definition) is 3. The first-order valence-electron chi connectivity index (χ1n) is 5.82. The van der Waals surface area contributed by atoms with Crippen LogP contribution in [0.25, 0.3) is 0 Å². The van der Waals surface area contributed by atoms with E-state index in [4.69, 9.17) is 16.3 Å². The molecule has 0 saturated carbocycles. The van der Waals surface area contributed by atoms with Gasteiger partial charge in [-0.1, -0.05) is 0 Å². The Morgan fingerprint density at radius 3 is 2.61 bits per heavy atom. The topological polar surface area (TPSA) is 34.1 Å². The number of nitrogens with zero attached hydrogens (tertiary/aromatic N) is 1. The van der Waals surface area contributed by atoms with E-state index in [1.807, 2.05) is 37.3 Å². The number of hydrogen-bond donors (Lipinski definition) is 1. The van der Waals surface area contributed by atoms with Crippen LogP contribution in [-0.4, -0.2) is 11.6 Å². The van der Waals surface area contributed by atoms with Crippen LogP contribution in [0.15, 0.2) is 42.7 Å². The lowest BCUT2D eigenvalue weighted by atomic mass is 10.2. The van der Waals surface area contributed by atoms with Gasteiger partial charge in [0.2, 0.25) is 0 Å². The Hall–Kier alpha value is -1.74. The fraction of sp³-hybridized carbons (Fsp3) is 0.214. The highest BCUT2D eigenvalue weighted by Crippen LogP contribution is 2.26. The van der Waals surface area contributed by atoms with Crippen molar-refractivity contribution in [1.29, 1.82) is 0 Å². The Kier molecular flexibility index (Phi) is 4.42. The van der Waals surface area contributed by atoms with Crippen molar-refractivity contribution in [2.75, 3.05) is 11.9 Å². The van der Waals surface area contributed by atoms with Crippen LogP contribution >= 0.6 is 11.6 Å². The van der Waals surface area contributed by atoms with Crippen LogP contribution in [-0.2, 0) is 5.88 Å². The van der Waals surface area contributed by atoms with Crippen molar-refractivity contribution in [2.45, 2.75) is 12.8 Å². The molecule has 18 heavy (non-hydrogen) atoms. The Morgan fingerprint density at radius 1 is 1.17 bits per heavy atom. The van der Waals surface area contributed by atoms with Gasteiger partial charge >= 0.3 is 0 Å². The predicted molar refractivity (Wildman–Crippen MR) is 74.7 cm³/mol. The van der Waals surface area contributed by atoms with Crippen LogP contribution in [0.1, 0.15) is 12.5 Å². The summed E-state index contributed by atoms with van der Waals surface area (Å²) in [5, 5.41) is 3.29. The van der Waals surface area contributed by atoms with E-state index < -0.39 is 0 Å². The highest BCUT2D eigenvalue weighted by molar-refractivity contribution is 6.17. The van der Waals surface area contributed by atoms with Gasteiger partial charge in [0.25, 0.3) is 0 Å². The molecule has 0 aliphatic heterocycles. The molecule has 2 aromatic rings. The molecule has 1 heterocycles. The van der Waals surface area contributed by atoms with E-state index in [0.717, 1.165) is 22.7 Å². The summed E-state index contributed by atoms with van der Waals surface area (Å²) in [5.74, 6) is 1.27. The van der Waals surface area contributed by atoms with Gasteiger partial charge in [0.15, 0.2) is 0 Å². The lowest BCUT2D eigenvalue weighted by molar-refractivity contribution is 0.337. The van der Waals surface area contributed by atoms with Crippen molar-refractivity contribution >= 4 is 23.0 Å². The zero-order valence-corrected chi connectivity index (χ0v) is 10.9. The van der Waals surface area contributed by atoms with E-state index in [1.54, 1.807) is 12.4 Å². The second-order valence-electron chi connectivity index (χ2n) is 3.75. The first kappa shape index (κ1) is 12.7. The van der Waals surface area contributed by atoms with Crippen molar-refractivity contribution in [3.8, 4) is 5.75 Å². The number of aromatic nitrogens is 1. The predicted octanol–water partition coefficient (Wildman–Crippen LogP) is 3.96. The monoisotopic (exact) mass is 262 g/mol. The van der Waals surface area contributed by atoms with Crippen LogP contribution in [0.5, 0.6) is 5.75 Å². The molecule has 0 spiro atoms. The molecule has 0 amide bonds. The van der Waals surface area contributed by atoms with Gasteiger partial charge < -0.3 is 10.1 Å². The lowest BCUT2D eigenvalue weighted by Crippen LogP contribution is -1.97. The molecule has 0 aliphatic rings. The Labute approximate surface area is 112 Å². The van der Waals surface area contributed by atoms with Crippen molar-refractivity contribution < 1.29 is 4.74 Å². The van der Waals surface area contributed by atoms with E-state index in [1.165, 1.54) is 0 Å². The third-order valence-electron chi connectivity index (χ3n) is 2.47. The third kappa shape index (κ3) is 3.14. The molecule has 0 fully saturated rings. The molecular formula is C14H15ClN2O. The largest absolute Gasteiger partial charge is 0.494 e. The summed E-state index contributed by atoms with van der Waals surface area (Å²) in [6.45, 7) is 2.60. The Morgan fingerprint density at radius 2 is 1.94 bits per heavy atom. The van der Waals surface area contributed by atoms with E-state index in [0.29, 0.717) is 12.5 Å². The maximum Gasteiger partial charge on any atom is 0.123 e. The molecule has 0 bridgehead atoms. The molecule has 4 heteroatoms. The van der Waals surface area contributed by atoms with Crippen LogP contribution in [0.4, 0.5) is 11.4 Å². The van der Waals surface area contributed by atoms with E-state index in [-0.39, 0.29) is 0 Å². The van der Waals surface area contributed by atoms with Crippen molar-refractivity contribution in [3.63, 3.8) is 0 Å². The number of benzene rings is 1. The highest BCUT2D eigenvalue weighted by Gasteiger charge is 2.04. The van der Waals surface area contributed by atoms with Crippen LogP contribution in [0, 0.1) is 0 Å². The minimum atomic E-state index is 0.432. The molecule has 3 nitrogen and oxygen atoms in total. The maximum absolute atomic E-state index is 5.92. The molecule has 2 rings (SSSR count). The number of pyridine rings is 1. The zero-order chi connectivity index (χ0) is 12.8. The third-order valence-corrected chi connectivity index (χ3v) is 2.76. The highest BCUT2D eigenvalue weighted by atomic mass is 35.5. The van der Waals surface area contributed by atoms with Gasteiger partial charge in [0, 0.05) is 29.3 Å². The number of anilines is 2. The normalized spacial score (nSPS) is 10.1. The quantitative estimate of drug-likeness (QED) is 0.828. The van der Waals surface area contributed by atoms with Gasteiger partial charge in [-0.25, -0.2) is 0 Å². The number of halogens is 1. The fourth-order valence-corrected chi connectivity index (χ4v) is 1.87. The van der Waals surface area contributed by atoms with Gasteiger partial charge in [-0.2, -0.15) is 0 Å². The lowest BCUT2D eigenvalue weighted by Gasteiger charge is -2.11. The molecule has 1 aromatic heterocycles. The smallest absolute Gasteiger partial charge is 0.123 e. The summed E-state index contributed by atoms with van der Waals surface area (Å²) in [6, 6.07) is 9.73. The van der Waals surface area contributed by atoms with Crippen LogP contribution in [0.2, 0.25) is 0 Å². The van der Waals surface area contributed by atoms with Gasteiger partial charge in [0.1, 0.15) is 5.75 Å². The summed E-state index contributed by atoms with van der Waals surface area (Å²) in [6.07, 6.45) is 3.50. The Bertz CT molecular complexity index is 502. The number of rotatable bonds is 5. The van der Waals surface area contributed by atoms with Crippen LogP contribution in [0.3, 0.4) is 0 Å². The first-order chi connectivity index (χ1) is 8.83. The first-order valence-corrected chi connectivity index (χ1v) is 6.35. The Balaban J connectivity index is 2.19. The standard InChI is InChI=1S/C14H15ClN2O/c1-2-18-14-4-3-13(9-11(14)10-15)17-12-5-7-16-8-6-12/h3-9H,2,10H2,1H3,(H,16,17).